The van der Waals surface area contributed by atoms with Gasteiger partial charge in [0, 0.05) is 18.1 Å². The molecule has 2 heteroatoms. The highest BCUT2D eigenvalue weighted by molar-refractivity contribution is 5.97. The number of hydrogen-bond donors (Lipinski definition) is 0. The predicted octanol–water partition coefficient (Wildman–Crippen LogP) is 2.98. The number of allylic oxidation sites excluding steroid dienone is 2. The first-order valence-electron chi connectivity index (χ1n) is 5.30. The average Bonchev–Trinajstić information content (AvgIpc) is 2.95. The summed E-state index contributed by atoms with van der Waals surface area (Å²) in [6.45, 7) is 4.27. The normalized spacial score (nSPS) is 14.5. The van der Waals surface area contributed by atoms with Crippen molar-refractivity contribution >= 4 is 16.5 Å². The molecule has 15 heavy (non-hydrogen) atoms. The van der Waals surface area contributed by atoms with E-state index < -0.39 is 0 Å². The number of hydrogen-bond acceptors (Lipinski definition) is 1. The molecule has 0 radical (unpaired) electrons. The fourth-order valence-electron chi connectivity index (χ4n) is 2.15. The van der Waals surface area contributed by atoms with E-state index in [1.165, 1.54) is 27.8 Å². The van der Waals surface area contributed by atoms with Gasteiger partial charge in [0.1, 0.15) is 0 Å². The van der Waals surface area contributed by atoms with Gasteiger partial charge in [-0.2, -0.15) is 5.10 Å². The summed E-state index contributed by atoms with van der Waals surface area (Å²) in [7, 11) is 2.01. The molecule has 0 bridgehead atoms. The van der Waals surface area contributed by atoms with Gasteiger partial charge in [-0.3, -0.25) is 4.68 Å². The third-order valence-electron chi connectivity index (χ3n) is 3.12. The Labute approximate surface area is 89.2 Å². The van der Waals surface area contributed by atoms with Crippen LogP contribution in [0, 0.1) is 13.8 Å². The van der Waals surface area contributed by atoms with Crippen molar-refractivity contribution in [2.45, 2.75) is 20.3 Å². The second-order valence-electron chi connectivity index (χ2n) is 4.35. The van der Waals surface area contributed by atoms with Crippen molar-refractivity contribution in [3.05, 3.63) is 35.0 Å². The van der Waals surface area contributed by atoms with E-state index in [4.69, 9.17) is 0 Å². The lowest BCUT2D eigenvalue weighted by molar-refractivity contribution is 0.751. The fraction of sp³-hybridized carbons (Fsp3) is 0.308. The summed E-state index contributed by atoms with van der Waals surface area (Å²) >= 11 is 0. The molecule has 1 aliphatic carbocycles. The lowest BCUT2D eigenvalue weighted by atomic mass is 10.0. The summed E-state index contributed by atoms with van der Waals surface area (Å²) in [5.74, 6) is 0. The summed E-state index contributed by atoms with van der Waals surface area (Å²) in [6, 6.07) is 4.44. The number of benzene rings is 1. The smallest absolute Gasteiger partial charge is 0.0934 e. The van der Waals surface area contributed by atoms with Crippen LogP contribution in [-0.2, 0) is 7.05 Å². The molecule has 0 atom stereocenters. The Kier molecular flexibility index (Phi) is 1.58. The van der Waals surface area contributed by atoms with E-state index in [9.17, 15) is 0 Å². The van der Waals surface area contributed by atoms with E-state index in [1.807, 2.05) is 11.7 Å². The Morgan fingerprint density at radius 3 is 2.67 bits per heavy atom. The first-order chi connectivity index (χ1) is 7.16. The molecule has 1 aromatic heterocycles. The largest absolute Gasteiger partial charge is 0.272 e. The van der Waals surface area contributed by atoms with E-state index in [0.717, 1.165) is 11.9 Å². The Balaban J connectivity index is 2.45. The zero-order valence-corrected chi connectivity index (χ0v) is 9.33. The minimum absolute atomic E-state index is 1.12. The van der Waals surface area contributed by atoms with Crippen LogP contribution in [0.15, 0.2) is 18.2 Å². The number of rotatable bonds is 1. The Bertz CT molecular complexity index is 588. The van der Waals surface area contributed by atoms with Crippen LogP contribution in [0.4, 0.5) is 0 Å². The molecule has 1 heterocycles. The zero-order chi connectivity index (χ0) is 10.6. The van der Waals surface area contributed by atoms with Crippen molar-refractivity contribution in [1.82, 2.24) is 9.78 Å². The van der Waals surface area contributed by atoms with Gasteiger partial charge in [0.05, 0.1) is 5.52 Å². The van der Waals surface area contributed by atoms with Crippen LogP contribution in [0.3, 0.4) is 0 Å². The maximum Gasteiger partial charge on any atom is 0.0934 e. The molecule has 76 valence electrons. The highest BCUT2D eigenvalue weighted by Crippen LogP contribution is 2.37. The number of nitrogens with zero attached hydrogens (tertiary/aromatic N) is 2. The van der Waals surface area contributed by atoms with Gasteiger partial charge in [0.15, 0.2) is 0 Å². The standard InChI is InChI=1S/C13H14N2/c1-8-6-11(10-4-5-10)13-9(2)15(3)14-12(13)7-8/h4,6-7H,5H2,1-3H3. The molecule has 0 aliphatic heterocycles. The van der Waals surface area contributed by atoms with Gasteiger partial charge in [0.25, 0.3) is 0 Å². The molecule has 0 saturated carbocycles. The summed E-state index contributed by atoms with van der Waals surface area (Å²) in [5.41, 5.74) is 6.53. The molecule has 0 fully saturated rings. The zero-order valence-electron chi connectivity index (χ0n) is 9.33. The second-order valence-corrected chi connectivity index (χ2v) is 4.35. The quantitative estimate of drug-likeness (QED) is 0.688. The SMILES string of the molecule is Cc1cc(C2=CC2)c2c(C)n(C)nc2c1. The van der Waals surface area contributed by atoms with E-state index in [1.54, 1.807) is 0 Å². The van der Waals surface area contributed by atoms with Gasteiger partial charge in [-0.25, -0.2) is 0 Å². The van der Waals surface area contributed by atoms with Crippen LogP contribution in [0.2, 0.25) is 0 Å². The maximum atomic E-state index is 4.53. The molecule has 2 nitrogen and oxygen atoms in total. The van der Waals surface area contributed by atoms with Gasteiger partial charge in [0.2, 0.25) is 0 Å². The summed E-state index contributed by atoms with van der Waals surface area (Å²) in [4.78, 5) is 0. The number of aryl methyl sites for hydroxylation is 3. The third-order valence-corrected chi connectivity index (χ3v) is 3.12. The topological polar surface area (TPSA) is 17.8 Å². The Hall–Kier alpha value is -1.57. The highest BCUT2D eigenvalue weighted by atomic mass is 15.3. The third kappa shape index (κ3) is 1.21. The summed E-state index contributed by atoms with van der Waals surface area (Å²) < 4.78 is 1.97. The minimum atomic E-state index is 1.12. The lowest BCUT2D eigenvalue weighted by Gasteiger charge is -2.01. The van der Waals surface area contributed by atoms with Gasteiger partial charge in [-0.05, 0) is 43.0 Å². The monoisotopic (exact) mass is 198 g/mol. The van der Waals surface area contributed by atoms with Crippen molar-refractivity contribution in [2.75, 3.05) is 0 Å². The minimum Gasteiger partial charge on any atom is -0.272 e. The fourth-order valence-corrected chi connectivity index (χ4v) is 2.15. The predicted molar refractivity (Wildman–Crippen MR) is 62.8 cm³/mol. The summed E-state index contributed by atoms with van der Waals surface area (Å²) in [5, 5.41) is 5.86. The molecule has 0 N–H and O–H groups in total. The van der Waals surface area contributed by atoms with Gasteiger partial charge < -0.3 is 0 Å². The van der Waals surface area contributed by atoms with E-state index in [-0.39, 0.29) is 0 Å². The molecular weight excluding hydrogens is 184 g/mol. The van der Waals surface area contributed by atoms with Crippen LogP contribution in [-0.4, -0.2) is 9.78 Å². The first kappa shape index (κ1) is 8.72. The lowest BCUT2D eigenvalue weighted by Crippen LogP contribution is -1.91. The summed E-state index contributed by atoms with van der Waals surface area (Å²) in [6.07, 6.45) is 3.42. The maximum absolute atomic E-state index is 4.53. The van der Waals surface area contributed by atoms with Crippen molar-refractivity contribution in [1.29, 1.82) is 0 Å². The van der Waals surface area contributed by atoms with Crippen molar-refractivity contribution in [3.8, 4) is 0 Å². The van der Waals surface area contributed by atoms with Crippen LogP contribution < -0.4 is 0 Å². The molecule has 3 rings (SSSR count). The van der Waals surface area contributed by atoms with Crippen LogP contribution in [0.1, 0.15) is 23.2 Å². The van der Waals surface area contributed by atoms with Crippen molar-refractivity contribution in [2.24, 2.45) is 7.05 Å². The Morgan fingerprint density at radius 1 is 1.27 bits per heavy atom. The second kappa shape index (κ2) is 2.72. The van der Waals surface area contributed by atoms with Crippen molar-refractivity contribution in [3.63, 3.8) is 0 Å². The molecule has 0 spiro atoms. The molecule has 0 unspecified atom stereocenters. The van der Waals surface area contributed by atoms with Crippen LogP contribution in [0.25, 0.3) is 16.5 Å². The molecule has 1 aliphatic rings. The first-order valence-corrected chi connectivity index (χ1v) is 5.30. The highest BCUT2D eigenvalue weighted by Gasteiger charge is 2.17. The molecule has 2 aromatic rings. The average molecular weight is 198 g/mol. The number of fused-ring (bicyclic) bond motifs is 1. The van der Waals surface area contributed by atoms with Crippen molar-refractivity contribution < 1.29 is 0 Å². The van der Waals surface area contributed by atoms with Gasteiger partial charge in [-0.1, -0.05) is 12.1 Å². The molecule has 1 aromatic carbocycles. The van der Waals surface area contributed by atoms with Crippen LogP contribution in [0.5, 0.6) is 0 Å². The molecule has 0 saturated heterocycles. The van der Waals surface area contributed by atoms with E-state index in [0.29, 0.717) is 0 Å². The van der Waals surface area contributed by atoms with Gasteiger partial charge >= 0.3 is 0 Å². The Morgan fingerprint density at radius 2 is 2.00 bits per heavy atom. The van der Waals surface area contributed by atoms with Gasteiger partial charge in [-0.15, -0.1) is 0 Å². The van der Waals surface area contributed by atoms with Crippen LogP contribution >= 0.6 is 0 Å². The number of aromatic nitrogens is 2. The van der Waals surface area contributed by atoms with E-state index in [2.05, 4.69) is 37.2 Å². The molecule has 0 amide bonds. The molecular formula is C13H14N2. The van der Waals surface area contributed by atoms with E-state index >= 15 is 0 Å².